The zero-order valence-corrected chi connectivity index (χ0v) is 17.1. The van der Waals surface area contributed by atoms with Gasteiger partial charge in [-0.2, -0.15) is 0 Å². The monoisotopic (exact) mass is 409 g/mol. The molecule has 0 saturated heterocycles. The number of nitrogens with two attached hydrogens (primary N) is 1. The summed E-state index contributed by atoms with van der Waals surface area (Å²) in [6.07, 6.45) is 3.66. The first kappa shape index (κ1) is 20.4. The normalized spacial score (nSPS) is 18.5. The minimum atomic E-state index is -0.612. The van der Waals surface area contributed by atoms with Crippen molar-refractivity contribution in [1.82, 2.24) is 9.55 Å². The number of hydrogen-bond acceptors (Lipinski definition) is 3. The summed E-state index contributed by atoms with van der Waals surface area (Å²) in [5.41, 5.74) is 10.1. The number of nitrogens with zero attached hydrogens (tertiary/aromatic N) is 2. The van der Waals surface area contributed by atoms with Crippen molar-refractivity contribution >= 4 is 0 Å². The van der Waals surface area contributed by atoms with Gasteiger partial charge in [-0.05, 0) is 61.9 Å². The lowest BCUT2D eigenvalue weighted by Gasteiger charge is -2.31. The van der Waals surface area contributed by atoms with E-state index in [0.29, 0.717) is 24.0 Å². The van der Waals surface area contributed by atoms with Gasteiger partial charge in [-0.1, -0.05) is 24.3 Å². The first-order chi connectivity index (χ1) is 14.3. The molecule has 1 aliphatic carbocycles. The molecule has 2 aromatic carbocycles. The molecule has 3 aromatic rings. The van der Waals surface area contributed by atoms with Crippen LogP contribution in [0.3, 0.4) is 0 Å². The lowest BCUT2D eigenvalue weighted by Crippen LogP contribution is -2.41. The number of fused-ring (bicyclic) bond motifs is 1. The molecule has 0 amide bonds. The lowest BCUT2D eigenvalue weighted by atomic mass is 9.78. The van der Waals surface area contributed by atoms with Gasteiger partial charge < -0.3 is 5.73 Å². The molecule has 2 N–H and O–H groups in total. The highest BCUT2D eigenvalue weighted by molar-refractivity contribution is 5.64. The molecule has 6 heteroatoms. The van der Waals surface area contributed by atoms with Crippen molar-refractivity contribution in [2.75, 3.05) is 0 Å². The van der Waals surface area contributed by atoms with Gasteiger partial charge in [0.1, 0.15) is 11.6 Å². The summed E-state index contributed by atoms with van der Waals surface area (Å²) in [5, 5.41) is 0. The van der Waals surface area contributed by atoms with Crippen molar-refractivity contribution in [3.8, 4) is 11.1 Å². The molecule has 156 valence electrons. The van der Waals surface area contributed by atoms with Crippen LogP contribution in [0.2, 0.25) is 0 Å². The van der Waals surface area contributed by atoms with Crippen molar-refractivity contribution in [1.29, 1.82) is 0 Å². The van der Waals surface area contributed by atoms with E-state index < -0.39 is 11.6 Å². The Morgan fingerprint density at radius 3 is 2.57 bits per heavy atom. The predicted octanol–water partition coefficient (Wildman–Crippen LogP) is 4.37. The fourth-order valence-corrected chi connectivity index (χ4v) is 4.28. The Balaban J connectivity index is 1.72. The van der Waals surface area contributed by atoms with Gasteiger partial charge >= 0.3 is 0 Å². The van der Waals surface area contributed by atoms with Gasteiger partial charge in [-0.3, -0.25) is 9.36 Å². The van der Waals surface area contributed by atoms with Crippen LogP contribution in [0.1, 0.15) is 49.0 Å². The summed E-state index contributed by atoms with van der Waals surface area (Å²) in [6.45, 7) is 3.91. The summed E-state index contributed by atoms with van der Waals surface area (Å²) in [7, 11) is 0. The van der Waals surface area contributed by atoms with Gasteiger partial charge in [-0.25, -0.2) is 13.8 Å². The van der Waals surface area contributed by atoms with E-state index in [9.17, 15) is 13.6 Å². The maximum atomic E-state index is 13.7. The Kier molecular flexibility index (Phi) is 5.52. The Labute approximate surface area is 174 Å². The number of aromatic nitrogens is 2. The zero-order valence-electron chi connectivity index (χ0n) is 17.1. The van der Waals surface area contributed by atoms with E-state index in [-0.39, 0.29) is 23.6 Å². The predicted molar refractivity (Wildman–Crippen MR) is 113 cm³/mol. The highest BCUT2D eigenvalue weighted by atomic mass is 19.1. The highest BCUT2D eigenvalue weighted by Gasteiger charge is 2.31. The third kappa shape index (κ3) is 3.92. The number of halogens is 2. The number of aryl methyl sites for hydroxylation is 1. The summed E-state index contributed by atoms with van der Waals surface area (Å²) in [4.78, 5) is 17.7. The van der Waals surface area contributed by atoms with E-state index >= 15 is 0 Å². The Bertz CT molecular complexity index is 1120. The Morgan fingerprint density at radius 2 is 1.87 bits per heavy atom. The third-order valence-corrected chi connectivity index (χ3v) is 5.85. The maximum absolute atomic E-state index is 13.7. The fraction of sp³-hybridized carbons (Fsp3) is 0.333. The molecular formula is C24H25F2N3O. The van der Waals surface area contributed by atoms with Crippen LogP contribution in [0, 0.1) is 11.6 Å². The molecule has 4 rings (SSSR count). The summed E-state index contributed by atoms with van der Waals surface area (Å²) in [6, 6.07) is 10.9. The smallest absolute Gasteiger partial charge is 0.257 e. The molecule has 30 heavy (non-hydrogen) atoms. The van der Waals surface area contributed by atoms with Crippen LogP contribution in [0.15, 0.2) is 53.6 Å². The van der Waals surface area contributed by atoms with Crippen molar-refractivity contribution in [2.45, 2.75) is 51.1 Å². The Morgan fingerprint density at radius 1 is 1.13 bits per heavy atom. The second-order valence-corrected chi connectivity index (χ2v) is 8.28. The van der Waals surface area contributed by atoms with E-state index in [4.69, 9.17) is 5.73 Å². The van der Waals surface area contributed by atoms with Crippen molar-refractivity contribution < 1.29 is 8.78 Å². The second kappa shape index (κ2) is 8.11. The number of rotatable bonds is 4. The van der Waals surface area contributed by atoms with Gasteiger partial charge in [0.15, 0.2) is 0 Å². The highest BCUT2D eigenvalue weighted by Crippen LogP contribution is 2.32. The first-order valence-corrected chi connectivity index (χ1v) is 10.2. The van der Waals surface area contributed by atoms with Crippen molar-refractivity contribution in [3.63, 3.8) is 0 Å². The molecule has 0 unspecified atom stereocenters. The lowest BCUT2D eigenvalue weighted by molar-refractivity contribution is 0.442. The molecule has 1 heterocycles. The second-order valence-electron chi connectivity index (χ2n) is 8.28. The van der Waals surface area contributed by atoms with E-state index in [1.165, 1.54) is 12.1 Å². The van der Waals surface area contributed by atoms with Crippen LogP contribution in [-0.4, -0.2) is 15.6 Å². The molecule has 1 aliphatic rings. The topological polar surface area (TPSA) is 60.9 Å². The first-order valence-electron chi connectivity index (χ1n) is 10.2. The molecule has 0 bridgehead atoms. The molecule has 0 spiro atoms. The van der Waals surface area contributed by atoms with Crippen LogP contribution in [0.25, 0.3) is 11.1 Å². The van der Waals surface area contributed by atoms with Crippen LogP contribution in [-0.2, 0) is 12.8 Å². The summed E-state index contributed by atoms with van der Waals surface area (Å²) < 4.78 is 28.9. The maximum Gasteiger partial charge on any atom is 0.257 e. The molecule has 0 saturated carbocycles. The Hall–Kier alpha value is -2.86. The average Bonchev–Trinajstić information content (AvgIpc) is 2.69. The quantitative estimate of drug-likeness (QED) is 0.696. The molecule has 0 aliphatic heterocycles. The number of benzene rings is 2. The largest absolute Gasteiger partial charge is 0.327 e. The van der Waals surface area contributed by atoms with Crippen LogP contribution >= 0.6 is 0 Å². The molecule has 0 radical (unpaired) electrons. The van der Waals surface area contributed by atoms with E-state index in [1.807, 2.05) is 38.1 Å². The van der Waals surface area contributed by atoms with E-state index in [2.05, 4.69) is 4.98 Å². The molecule has 1 aromatic heterocycles. The van der Waals surface area contributed by atoms with Gasteiger partial charge in [-0.15, -0.1) is 0 Å². The van der Waals surface area contributed by atoms with Gasteiger partial charge in [0.25, 0.3) is 5.56 Å². The minimum absolute atomic E-state index is 0.0142. The average molecular weight is 409 g/mol. The molecule has 2 atom stereocenters. The minimum Gasteiger partial charge on any atom is -0.327 e. The van der Waals surface area contributed by atoms with Crippen LogP contribution in [0.4, 0.5) is 8.78 Å². The fourth-order valence-electron chi connectivity index (χ4n) is 4.28. The van der Waals surface area contributed by atoms with Crippen molar-refractivity contribution in [2.24, 2.45) is 5.73 Å². The SMILES string of the molecule is CC(C)n1cnc2c(c1=O)[C@@H](Cc1cccc(-c3cc(F)cc(F)c3)c1)[C@@H](N)CC2. The number of hydrogen-bond donors (Lipinski definition) is 1. The third-order valence-electron chi connectivity index (χ3n) is 5.85. The summed E-state index contributed by atoms with van der Waals surface area (Å²) >= 11 is 0. The molecule has 0 fully saturated rings. The van der Waals surface area contributed by atoms with Gasteiger partial charge in [0.05, 0.1) is 12.0 Å². The van der Waals surface area contributed by atoms with E-state index in [1.54, 1.807) is 10.9 Å². The zero-order chi connectivity index (χ0) is 21.4. The van der Waals surface area contributed by atoms with Crippen molar-refractivity contribution in [3.05, 3.63) is 87.6 Å². The van der Waals surface area contributed by atoms with Gasteiger partial charge in [0.2, 0.25) is 0 Å². The molecule has 4 nitrogen and oxygen atoms in total. The van der Waals surface area contributed by atoms with Crippen LogP contribution in [0.5, 0.6) is 0 Å². The summed E-state index contributed by atoms with van der Waals surface area (Å²) in [5.74, 6) is -1.38. The van der Waals surface area contributed by atoms with Gasteiger partial charge in [0, 0.05) is 29.6 Å². The standard InChI is InChI=1S/C24H25F2N3O/c1-14(2)29-13-28-22-7-6-21(27)20(23(22)24(29)30)9-15-4-3-5-16(8-15)17-10-18(25)12-19(26)11-17/h3-5,8,10-14,20-21H,6-7,9,27H2,1-2H3/t20-,21-/m0/s1. The van der Waals surface area contributed by atoms with Crippen LogP contribution < -0.4 is 11.3 Å². The van der Waals surface area contributed by atoms with E-state index in [0.717, 1.165) is 29.3 Å². The molecular weight excluding hydrogens is 384 g/mol.